The topological polar surface area (TPSA) is 89.7 Å². The van der Waals surface area contributed by atoms with E-state index in [9.17, 15) is 20.0 Å². The summed E-state index contributed by atoms with van der Waals surface area (Å²) in [6.07, 6.45) is 0. The molecule has 6 nitrogen and oxygen atoms in total. The Morgan fingerprint density at radius 2 is 1.91 bits per heavy atom. The fraction of sp³-hybridized carbons (Fsp3) is 0.188. The third-order valence-electron chi connectivity index (χ3n) is 3.86. The molecule has 0 saturated heterocycles. The molecule has 0 bridgehead atoms. The number of carbonyl (C=O) groups is 1. The average Bonchev–Trinajstić information content (AvgIpc) is 2.61. The second-order valence-corrected chi connectivity index (χ2v) is 5.70. The van der Waals surface area contributed by atoms with Gasteiger partial charge >= 0.3 is 5.97 Å². The van der Waals surface area contributed by atoms with E-state index in [1.54, 1.807) is 36.4 Å². The molecular weight excluding hydrogens is 322 g/mol. The summed E-state index contributed by atoms with van der Waals surface area (Å²) < 4.78 is 5.81. The second-order valence-electron chi connectivity index (χ2n) is 5.26. The highest BCUT2D eigenvalue weighted by Crippen LogP contribution is 2.47. The lowest BCUT2D eigenvalue weighted by atomic mass is 9.81. The van der Waals surface area contributed by atoms with Gasteiger partial charge in [0.2, 0.25) is 6.54 Å². The second kappa shape index (κ2) is 5.89. The number of fused-ring (bicyclic) bond motifs is 2. The maximum Gasteiger partial charge on any atom is 0.312 e. The van der Waals surface area contributed by atoms with Crippen molar-refractivity contribution in [1.82, 2.24) is 0 Å². The number of hydrogen-bond donors (Lipinski definition) is 1. The number of benzene rings is 2. The highest BCUT2D eigenvalue weighted by Gasteiger charge is 2.40. The van der Waals surface area contributed by atoms with E-state index in [2.05, 4.69) is 0 Å². The van der Waals surface area contributed by atoms with Crippen molar-refractivity contribution in [2.45, 2.75) is 11.8 Å². The van der Waals surface area contributed by atoms with Crippen LogP contribution in [0.4, 0.5) is 0 Å². The number of hydrogen-bond acceptors (Lipinski definition) is 4. The molecule has 0 amide bonds. The van der Waals surface area contributed by atoms with Gasteiger partial charge in [0, 0.05) is 21.1 Å². The molecule has 2 unspecified atom stereocenters. The van der Waals surface area contributed by atoms with Crippen LogP contribution in [0.2, 0.25) is 5.02 Å². The zero-order valence-corrected chi connectivity index (χ0v) is 12.6. The molecule has 2 aromatic carbocycles. The normalized spacial score (nSPS) is 19.0. The predicted molar refractivity (Wildman–Crippen MR) is 82.9 cm³/mol. The number of para-hydroxylation sites is 1. The van der Waals surface area contributed by atoms with E-state index in [0.717, 1.165) is 0 Å². The Morgan fingerprint density at radius 3 is 2.61 bits per heavy atom. The molecule has 2 aromatic rings. The van der Waals surface area contributed by atoms with E-state index in [4.69, 9.17) is 16.3 Å². The molecule has 1 N–H and O–H groups in total. The number of carboxylic acids is 1. The van der Waals surface area contributed by atoms with E-state index >= 15 is 0 Å². The highest BCUT2D eigenvalue weighted by molar-refractivity contribution is 6.30. The molecule has 2 atom stereocenters. The van der Waals surface area contributed by atoms with Gasteiger partial charge in [-0.15, -0.1) is 0 Å². The first-order chi connectivity index (χ1) is 11.0. The quantitative estimate of drug-likeness (QED) is 0.683. The fourth-order valence-electron chi connectivity index (χ4n) is 2.92. The minimum atomic E-state index is -1.14. The molecular formula is C16H12ClNO5. The fourth-order valence-corrected chi connectivity index (χ4v) is 3.10. The third kappa shape index (κ3) is 2.85. The molecule has 1 aliphatic rings. The van der Waals surface area contributed by atoms with Gasteiger partial charge in [-0.2, -0.15) is 0 Å². The first-order valence-corrected chi connectivity index (χ1v) is 7.26. The van der Waals surface area contributed by atoms with Crippen molar-refractivity contribution in [3.8, 4) is 11.5 Å². The van der Waals surface area contributed by atoms with Gasteiger partial charge in [0.1, 0.15) is 11.5 Å². The van der Waals surface area contributed by atoms with E-state index < -0.39 is 29.3 Å². The Bertz CT molecular complexity index is 792. The number of carboxylic acid groups (broad SMARTS) is 1. The van der Waals surface area contributed by atoms with Crippen LogP contribution in [0.25, 0.3) is 0 Å². The van der Waals surface area contributed by atoms with E-state index in [0.29, 0.717) is 27.6 Å². The van der Waals surface area contributed by atoms with Crippen molar-refractivity contribution in [3.05, 3.63) is 68.7 Å². The van der Waals surface area contributed by atoms with Gasteiger partial charge in [0.15, 0.2) is 0 Å². The standard InChI is InChI=1S/C16H12ClNO5/c17-9-5-6-14-11(7-9)12(8-18(21)22)15(16(19)20)10-3-1-2-4-13(10)23-14/h1-7,12,15H,8H2,(H,19,20). The summed E-state index contributed by atoms with van der Waals surface area (Å²) in [6, 6.07) is 11.4. The maximum atomic E-state index is 11.8. The van der Waals surface area contributed by atoms with Crippen molar-refractivity contribution in [2.75, 3.05) is 6.54 Å². The summed E-state index contributed by atoms with van der Waals surface area (Å²) in [5.74, 6) is -2.33. The van der Waals surface area contributed by atoms with Crippen LogP contribution < -0.4 is 4.74 Å². The van der Waals surface area contributed by atoms with Crippen LogP contribution in [0.15, 0.2) is 42.5 Å². The third-order valence-corrected chi connectivity index (χ3v) is 4.09. The molecule has 3 rings (SSSR count). The Labute approximate surface area is 136 Å². The van der Waals surface area contributed by atoms with Crippen LogP contribution in [-0.2, 0) is 4.79 Å². The van der Waals surface area contributed by atoms with Gasteiger partial charge < -0.3 is 9.84 Å². The summed E-state index contributed by atoms with van der Waals surface area (Å²) in [7, 11) is 0. The van der Waals surface area contributed by atoms with E-state index in [-0.39, 0.29) is 0 Å². The number of nitro groups is 1. The Hall–Kier alpha value is -2.60. The Balaban J connectivity index is 2.26. The SMILES string of the molecule is O=C(O)C1c2ccccc2Oc2ccc(Cl)cc2C1C[N+](=O)[O-]. The molecule has 0 aromatic heterocycles. The summed E-state index contributed by atoms with van der Waals surface area (Å²) in [5.41, 5.74) is 0.844. The molecule has 0 saturated carbocycles. The van der Waals surface area contributed by atoms with Crippen LogP contribution in [-0.4, -0.2) is 22.5 Å². The van der Waals surface area contributed by atoms with Crippen LogP contribution in [0, 0.1) is 10.1 Å². The van der Waals surface area contributed by atoms with Crippen LogP contribution in [0.1, 0.15) is 23.0 Å². The summed E-state index contributed by atoms with van der Waals surface area (Å²) in [4.78, 5) is 22.4. The van der Waals surface area contributed by atoms with Gasteiger partial charge in [-0.3, -0.25) is 14.9 Å². The number of ether oxygens (including phenoxy) is 1. The largest absolute Gasteiger partial charge is 0.481 e. The summed E-state index contributed by atoms with van der Waals surface area (Å²) >= 11 is 6.00. The number of aliphatic carboxylic acids is 1. The van der Waals surface area contributed by atoms with Crippen molar-refractivity contribution in [2.24, 2.45) is 0 Å². The van der Waals surface area contributed by atoms with Gasteiger partial charge in [0.05, 0.1) is 11.8 Å². The molecule has 0 spiro atoms. The van der Waals surface area contributed by atoms with Crippen LogP contribution in [0.5, 0.6) is 11.5 Å². The Kier molecular flexibility index (Phi) is 3.92. The maximum absolute atomic E-state index is 11.8. The molecule has 7 heteroatoms. The molecule has 0 fully saturated rings. The lowest BCUT2D eigenvalue weighted by molar-refractivity contribution is -0.483. The van der Waals surface area contributed by atoms with Crippen molar-refractivity contribution < 1.29 is 19.6 Å². The number of nitrogens with zero attached hydrogens (tertiary/aromatic N) is 1. The van der Waals surface area contributed by atoms with Gasteiger partial charge in [0.25, 0.3) is 0 Å². The van der Waals surface area contributed by atoms with Crippen LogP contribution >= 0.6 is 11.6 Å². The molecule has 23 heavy (non-hydrogen) atoms. The van der Waals surface area contributed by atoms with Gasteiger partial charge in [-0.25, -0.2) is 0 Å². The minimum absolute atomic E-state index is 0.371. The van der Waals surface area contributed by atoms with E-state index in [1.807, 2.05) is 0 Å². The molecule has 118 valence electrons. The molecule has 1 aliphatic heterocycles. The van der Waals surface area contributed by atoms with E-state index in [1.165, 1.54) is 6.07 Å². The van der Waals surface area contributed by atoms with Crippen molar-refractivity contribution in [3.63, 3.8) is 0 Å². The van der Waals surface area contributed by atoms with Gasteiger partial charge in [-0.05, 0) is 24.3 Å². The van der Waals surface area contributed by atoms with Crippen LogP contribution in [0.3, 0.4) is 0 Å². The van der Waals surface area contributed by atoms with Crippen molar-refractivity contribution >= 4 is 17.6 Å². The first-order valence-electron chi connectivity index (χ1n) is 6.88. The smallest absolute Gasteiger partial charge is 0.312 e. The summed E-state index contributed by atoms with van der Waals surface area (Å²) in [5, 5.41) is 21.1. The number of rotatable bonds is 3. The zero-order valence-electron chi connectivity index (χ0n) is 11.8. The first kappa shape index (κ1) is 15.3. The van der Waals surface area contributed by atoms with Gasteiger partial charge in [-0.1, -0.05) is 29.8 Å². The minimum Gasteiger partial charge on any atom is -0.481 e. The number of halogens is 1. The zero-order chi connectivity index (χ0) is 16.6. The lowest BCUT2D eigenvalue weighted by Gasteiger charge is -2.20. The molecule has 1 heterocycles. The monoisotopic (exact) mass is 333 g/mol. The molecule has 0 radical (unpaired) electrons. The highest BCUT2D eigenvalue weighted by atomic mass is 35.5. The average molecular weight is 334 g/mol. The molecule has 0 aliphatic carbocycles. The lowest BCUT2D eigenvalue weighted by Crippen LogP contribution is -2.25. The predicted octanol–water partition coefficient (Wildman–Crippen LogP) is 3.67. The Morgan fingerprint density at radius 1 is 1.22 bits per heavy atom. The van der Waals surface area contributed by atoms with Crippen molar-refractivity contribution in [1.29, 1.82) is 0 Å². The summed E-state index contributed by atoms with van der Waals surface area (Å²) in [6.45, 7) is -0.526.